The predicted octanol–water partition coefficient (Wildman–Crippen LogP) is 2.90. The molecule has 19 heavy (non-hydrogen) atoms. The maximum Gasteiger partial charge on any atom is 0.257 e. The largest absolute Gasteiger partial charge is 0.383 e. The molecule has 0 aliphatic carbocycles. The highest BCUT2D eigenvalue weighted by molar-refractivity contribution is 6.07. The van der Waals surface area contributed by atoms with E-state index in [9.17, 15) is 9.18 Å². The van der Waals surface area contributed by atoms with Crippen LogP contribution in [0.5, 0.6) is 0 Å². The van der Waals surface area contributed by atoms with Gasteiger partial charge in [0.2, 0.25) is 0 Å². The quantitative estimate of drug-likeness (QED) is 0.887. The van der Waals surface area contributed by atoms with E-state index in [1.54, 1.807) is 30.6 Å². The Balaban J connectivity index is 2.20. The molecule has 1 aromatic carbocycles. The summed E-state index contributed by atoms with van der Waals surface area (Å²) >= 11 is 0. The summed E-state index contributed by atoms with van der Waals surface area (Å²) in [5.74, 6) is -0.691. The van der Waals surface area contributed by atoms with E-state index in [1.165, 1.54) is 12.1 Å². The molecule has 0 radical (unpaired) electrons. The Labute approximate surface area is 110 Å². The van der Waals surface area contributed by atoms with Gasteiger partial charge in [-0.2, -0.15) is 0 Å². The standard InChI is InChI=1S/C14H14FN3O/c1-2-17-13-9-16-7-6-12(13)14(19)18-11-5-3-4-10(15)8-11/h3-9,17H,2H2,1H3,(H,18,19). The number of anilines is 2. The average molecular weight is 259 g/mol. The van der Waals surface area contributed by atoms with Crippen LogP contribution >= 0.6 is 0 Å². The van der Waals surface area contributed by atoms with E-state index in [1.807, 2.05) is 6.92 Å². The number of aromatic nitrogens is 1. The lowest BCUT2D eigenvalue weighted by atomic mass is 10.2. The van der Waals surface area contributed by atoms with E-state index < -0.39 is 0 Å². The summed E-state index contributed by atoms with van der Waals surface area (Å²) in [4.78, 5) is 16.1. The van der Waals surface area contributed by atoms with Crippen molar-refractivity contribution in [3.8, 4) is 0 Å². The lowest BCUT2D eigenvalue weighted by Crippen LogP contribution is -2.15. The van der Waals surface area contributed by atoms with E-state index in [-0.39, 0.29) is 11.7 Å². The number of halogens is 1. The van der Waals surface area contributed by atoms with Crippen molar-refractivity contribution in [1.82, 2.24) is 4.98 Å². The zero-order chi connectivity index (χ0) is 13.7. The Bertz CT molecular complexity index is 586. The molecule has 1 amide bonds. The van der Waals surface area contributed by atoms with Gasteiger partial charge in [-0.15, -0.1) is 0 Å². The van der Waals surface area contributed by atoms with E-state index in [2.05, 4.69) is 15.6 Å². The van der Waals surface area contributed by atoms with Gasteiger partial charge in [-0.1, -0.05) is 6.07 Å². The number of nitrogens with zero attached hydrogens (tertiary/aromatic N) is 1. The number of rotatable bonds is 4. The predicted molar refractivity (Wildman–Crippen MR) is 72.8 cm³/mol. The Morgan fingerprint density at radius 1 is 1.37 bits per heavy atom. The van der Waals surface area contributed by atoms with Crippen molar-refractivity contribution in [2.45, 2.75) is 6.92 Å². The molecule has 0 saturated heterocycles. The van der Waals surface area contributed by atoms with Gasteiger partial charge in [0.1, 0.15) is 5.82 Å². The van der Waals surface area contributed by atoms with E-state index in [0.717, 1.165) is 0 Å². The van der Waals surface area contributed by atoms with Crippen molar-refractivity contribution < 1.29 is 9.18 Å². The number of amides is 1. The summed E-state index contributed by atoms with van der Waals surface area (Å²) < 4.78 is 13.0. The van der Waals surface area contributed by atoms with Crippen LogP contribution < -0.4 is 10.6 Å². The third-order valence-electron chi connectivity index (χ3n) is 2.52. The summed E-state index contributed by atoms with van der Waals surface area (Å²) in [5.41, 5.74) is 1.55. The Kier molecular flexibility index (Phi) is 4.07. The fourth-order valence-corrected chi connectivity index (χ4v) is 1.69. The van der Waals surface area contributed by atoms with Gasteiger partial charge in [0.15, 0.2) is 0 Å². The first-order valence-electron chi connectivity index (χ1n) is 5.95. The topological polar surface area (TPSA) is 54.0 Å². The maximum atomic E-state index is 13.0. The molecule has 0 saturated carbocycles. The highest BCUT2D eigenvalue weighted by Gasteiger charge is 2.11. The third kappa shape index (κ3) is 3.28. The van der Waals surface area contributed by atoms with Crippen LogP contribution in [0, 0.1) is 5.82 Å². The summed E-state index contributed by atoms with van der Waals surface area (Å²) in [7, 11) is 0. The molecule has 0 fully saturated rings. The molecule has 0 spiro atoms. The van der Waals surface area contributed by atoms with Gasteiger partial charge in [-0.25, -0.2) is 4.39 Å². The fraction of sp³-hybridized carbons (Fsp3) is 0.143. The molecule has 98 valence electrons. The van der Waals surface area contributed by atoms with Crippen molar-refractivity contribution >= 4 is 17.3 Å². The number of carbonyl (C=O) groups is 1. The van der Waals surface area contributed by atoms with Crippen LogP contribution in [0.25, 0.3) is 0 Å². The molecule has 0 aliphatic heterocycles. The third-order valence-corrected chi connectivity index (χ3v) is 2.52. The van der Waals surface area contributed by atoms with Crippen LogP contribution in [-0.4, -0.2) is 17.4 Å². The Hall–Kier alpha value is -2.43. The average Bonchev–Trinajstić information content (AvgIpc) is 2.39. The van der Waals surface area contributed by atoms with Crippen LogP contribution in [0.4, 0.5) is 15.8 Å². The van der Waals surface area contributed by atoms with Crippen molar-refractivity contribution in [3.63, 3.8) is 0 Å². The van der Waals surface area contributed by atoms with E-state index >= 15 is 0 Å². The van der Waals surface area contributed by atoms with Crippen LogP contribution in [0.1, 0.15) is 17.3 Å². The lowest BCUT2D eigenvalue weighted by Gasteiger charge is -2.10. The second-order valence-electron chi connectivity index (χ2n) is 3.92. The van der Waals surface area contributed by atoms with E-state index in [4.69, 9.17) is 0 Å². The second kappa shape index (κ2) is 5.95. The summed E-state index contributed by atoms with van der Waals surface area (Å²) in [6.45, 7) is 2.62. The molecule has 1 aromatic heterocycles. The fourth-order valence-electron chi connectivity index (χ4n) is 1.69. The van der Waals surface area contributed by atoms with Crippen molar-refractivity contribution in [2.75, 3.05) is 17.2 Å². The maximum absolute atomic E-state index is 13.0. The Morgan fingerprint density at radius 2 is 2.21 bits per heavy atom. The summed E-state index contributed by atoms with van der Waals surface area (Å²) in [6.07, 6.45) is 3.13. The Morgan fingerprint density at radius 3 is 2.95 bits per heavy atom. The minimum atomic E-state index is -0.389. The van der Waals surface area contributed by atoms with Gasteiger partial charge in [0.05, 0.1) is 17.4 Å². The highest BCUT2D eigenvalue weighted by Crippen LogP contribution is 2.16. The molecule has 2 aromatic rings. The molecule has 0 unspecified atom stereocenters. The van der Waals surface area contributed by atoms with Gasteiger partial charge in [0.25, 0.3) is 5.91 Å². The number of benzene rings is 1. The number of pyridine rings is 1. The molecule has 0 atom stereocenters. The van der Waals surface area contributed by atoms with Crippen LogP contribution in [-0.2, 0) is 0 Å². The monoisotopic (exact) mass is 259 g/mol. The molecule has 4 nitrogen and oxygen atoms in total. The summed E-state index contributed by atoms with van der Waals surface area (Å²) in [6, 6.07) is 7.39. The minimum Gasteiger partial charge on any atom is -0.383 e. The molecule has 0 aliphatic rings. The first kappa shape index (κ1) is 13.0. The molecule has 2 rings (SSSR count). The number of nitrogens with one attached hydrogen (secondary N) is 2. The number of hydrogen-bond acceptors (Lipinski definition) is 3. The van der Waals surface area contributed by atoms with Gasteiger partial charge < -0.3 is 10.6 Å². The normalized spacial score (nSPS) is 10.0. The van der Waals surface area contributed by atoms with Gasteiger partial charge in [0, 0.05) is 18.4 Å². The summed E-state index contributed by atoms with van der Waals surface area (Å²) in [5, 5.41) is 5.71. The molecule has 0 bridgehead atoms. The molecule has 5 heteroatoms. The molecular formula is C14H14FN3O. The highest BCUT2D eigenvalue weighted by atomic mass is 19.1. The molecule has 1 heterocycles. The van der Waals surface area contributed by atoms with Crippen molar-refractivity contribution in [3.05, 3.63) is 54.1 Å². The van der Waals surface area contributed by atoms with Crippen LogP contribution in [0.3, 0.4) is 0 Å². The zero-order valence-corrected chi connectivity index (χ0v) is 10.5. The zero-order valence-electron chi connectivity index (χ0n) is 10.5. The van der Waals surface area contributed by atoms with Gasteiger partial charge in [-0.3, -0.25) is 9.78 Å². The number of carbonyl (C=O) groups excluding carboxylic acids is 1. The molecular weight excluding hydrogens is 245 g/mol. The first-order valence-corrected chi connectivity index (χ1v) is 5.95. The van der Waals surface area contributed by atoms with Crippen LogP contribution in [0.15, 0.2) is 42.7 Å². The molecule has 2 N–H and O–H groups in total. The van der Waals surface area contributed by atoms with Crippen molar-refractivity contribution in [2.24, 2.45) is 0 Å². The lowest BCUT2D eigenvalue weighted by molar-refractivity contribution is 0.102. The second-order valence-corrected chi connectivity index (χ2v) is 3.92. The van der Waals surface area contributed by atoms with Crippen LogP contribution in [0.2, 0.25) is 0 Å². The SMILES string of the molecule is CCNc1cnccc1C(=O)Nc1cccc(F)c1. The van der Waals surface area contributed by atoms with E-state index in [0.29, 0.717) is 23.5 Å². The van der Waals surface area contributed by atoms with Crippen molar-refractivity contribution in [1.29, 1.82) is 0 Å². The van der Waals surface area contributed by atoms with Gasteiger partial charge in [-0.05, 0) is 31.2 Å². The first-order chi connectivity index (χ1) is 9.20. The smallest absolute Gasteiger partial charge is 0.257 e. The number of hydrogen-bond donors (Lipinski definition) is 2. The minimum absolute atomic E-state index is 0.302. The van der Waals surface area contributed by atoms with Gasteiger partial charge >= 0.3 is 0 Å².